The van der Waals surface area contributed by atoms with Crippen molar-refractivity contribution < 1.29 is 8.42 Å². The third kappa shape index (κ3) is 8.07. The number of rotatable bonds is 9. The van der Waals surface area contributed by atoms with Gasteiger partial charge in [-0.25, -0.2) is 8.42 Å². The molecule has 0 saturated carbocycles. The molecule has 0 amide bonds. The molecule has 0 radical (unpaired) electrons. The molecule has 0 atom stereocenters. The van der Waals surface area contributed by atoms with Crippen molar-refractivity contribution in [2.45, 2.75) is 27.2 Å². The monoisotopic (exact) mass is 250 g/mol. The number of nitrogens with zero attached hydrogens (tertiary/aromatic N) is 1. The molecule has 0 aromatic carbocycles. The van der Waals surface area contributed by atoms with Crippen molar-refractivity contribution in [2.75, 3.05) is 37.7 Å². The molecule has 0 fully saturated rings. The third-order valence-electron chi connectivity index (χ3n) is 2.46. The molecule has 0 aromatic rings. The van der Waals surface area contributed by atoms with Crippen molar-refractivity contribution in [1.82, 2.24) is 4.90 Å². The summed E-state index contributed by atoms with van der Waals surface area (Å²) in [4.78, 5) is 2.20. The van der Waals surface area contributed by atoms with Crippen molar-refractivity contribution >= 4 is 9.84 Å². The molecule has 98 valence electrons. The van der Waals surface area contributed by atoms with Gasteiger partial charge in [0.2, 0.25) is 0 Å². The van der Waals surface area contributed by atoms with E-state index >= 15 is 0 Å². The lowest BCUT2D eigenvalue weighted by molar-refractivity contribution is 0.255. The first-order chi connectivity index (χ1) is 7.41. The van der Waals surface area contributed by atoms with Crippen LogP contribution in [0.1, 0.15) is 27.2 Å². The van der Waals surface area contributed by atoms with Gasteiger partial charge < -0.3 is 10.6 Å². The van der Waals surface area contributed by atoms with Crippen LogP contribution in [0, 0.1) is 5.92 Å². The predicted octanol–water partition coefficient (Wildman–Crippen LogP) is 0.728. The minimum absolute atomic E-state index is 0.236. The average molecular weight is 250 g/mol. The summed E-state index contributed by atoms with van der Waals surface area (Å²) in [6.07, 6.45) is 0.929. The van der Waals surface area contributed by atoms with Crippen LogP contribution in [0.25, 0.3) is 0 Å². The fourth-order valence-electron chi connectivity index (χ4n) is 1.54. The predicted molar refractivity (Wildman–Crippen MR) is 69.3 cm³/mol. The summed E-state index contributed by atoms with van der Waals surface area (Å²) in [5.74, 6) is 1.06. The van der Waals surface area contributed by atoms with Gasteiger partial charge in [-0.05, 0) is 25.4 Å². The van der Waals surface area contributed by atoms with Gasteiger partial charge in [-0.2, -0.15) is 0 Å². The smallest absolute Gasteiger partial charge is 0.151 e. The van der Waals surface area contributed by atoms with Crippen LogP contribution in [0.2, 0.25) is 0 Å². The molecule has 0 rings (SSSR count). The van der Waals surface area contributed by atoms with E-state index < -0.39 is 9.84 Å². The second-order valence-corrected chi connectivity index (χ2v) is 7.05. The summed E-state index contributed by atoms with van der Waals surface area (Å²) < 4.78 is 22.8. The Labute approximate surface area is 100 Å². The first kappa shape index (κ1) is 15.9. The van der Waals surface area contributed by atoms with Gasteiger partial charge >= 0.3 is 0 Å². The standard InChI is InChI=1S/C11H26N2O2S/c1-4-16(14,15)9-8-13(7-5-6-12)10-11(2)3/h11H,4-10,12H2,1-3H3. The van der Waals surface area contributed by atoms with Crippen molar-refractivity contribution in [2.24, 2.45) is 11.7 Å². The fraction of sp³-hybridized carbons (Fsp3) is 1.00. The summed E-state index contributed by atoms with van der Waals surface area (Å²) in [5.41, 5.74) is 5.47. The zero-order chi connectivity index (χ0) is 12.6. The summed E-state index contributed by atoms with van der Waals surface area (Å²) >= 11 is 0. The van der Waals surface area contributed by atoms with E-state index in [0.717, 1.165) is 19.5 Å². The number of sulfone groups is 1. The van der Waals surface area contributed by atoms with E-state index in [4.69, 9.17) is 5.73 Å². The molecule has 5 heteroatoms. The van der Waals surface area contributed by atoms with E-state index in [-0.39, 0.29) is 11.5 Å². The van der Waals surface area contributed by atoms with Gasteiger partial charge in [0.25, 0.3) is 0 Å². The largest absolute Gasteiger partial charge is 0.330 e. The molecule has 0 saturated heterocycles. The Bertz CT molecular complexity index is 263. The lowest BCUT2D eigenvalue weighted by atomic mass is 10.2. The zero-order valence-electron chi connectivity index (χ0n) is 10.8. The van der Waals surface area contributed by atoms with E-state index in [1.807, 2.05) is 0 Å². The molecule has 0 heterocycles. The van der Waals surface area contributed by atoms with E-state index in [0.29, 0.717) is 19.0 Å². The maximum absolute atomic E-state index is 11.4. The molecule has 0 aliphatic heterocycles. The summed E-state index contributed by atoms with van der Waals surface area (Å²) in [6, 6.07) is 0. The number of hydrogen-bond donors (Lipinski definition) is 1. The Morgan fingerprint density at radius 2 is 1.88 bits per heavy atom. The molecule has 0 aliphatic carbocycles. The van der Waals surface area contributed by atoms with Crippen LogP contribution in [0.15, 0.2) is 0 Å². The molecule has 2 N–H and O–H groups in total. The average Bonchev–Trinajstić information content (AvgIpc) is 2.21. The number of hydrogen-bond acceptors (Lipinski definition) is 4. The van der Waals surface area contributed by atoms with E-state index in [2.05, 4.69) is 18.7 Å². The van der Waals surface area contributed by atoms with Gasteiger partial charge in [-0.1, -0.05) is 20.8 Å². The van der Waals surface area contributed by atoms with Gasteiger partial charge in [0.1, 0.15) is 0 Å². The fourth-order valence-corrected chi connectivity index (χ4v) is 2.36. The Kier molecular flexibility index (Phi) is 7.97. The quantitative estimate of drug-likeness (QED) is 0.655. The Morgan fingerprint density at radius 3 is 2.31 bits per heavy atom. The maximum Gasteiger partial charge on any atom is 0.151 e. The molecule has 0 spiro atoms. The van der Waals surface area contributed by atoms with Crippen LogP contribution in [-0.4, -0.2) is 51.0 Å². The highest BCUT2D eigenvalue weighted by molar-refractivity contribution is 7.91. The molecule has 0 unspecified atom stereocenters. The molecule has 16 heavy (non-hydrogen) atoms. The van der Waals surface area contributed by atoms with Gasteiger partial charge in [-0.3, -0.25) is 0 Å². The molecule has 4 nitrogen and oxygen atoms in total. The van der Waals surface area contributed by atoms with Crippen molar-refractivity contribution in [3.8, 4) is 0 Å². The third-order valence-corrected chi connectivity index (χ3v) is 4.14. The lowest BCUT2D eigenvalue weighted by Crippen LogP contribution is -2.34. The van der Waals surface area contributed by atoms with Crippen LogP contribution in [0.4, 0.5) is 0 Å². The van der Waals surface area contributed by atoms with Crippen molar-refractivity contribution in [1.29, 1.82) is 0 Å². The van der Waals surface area contributed by atoms with Crippen LogP contribution >= 0.6 is 0 Å². The van der Waals surface area contributed by atoms with Crippen molar-refractivity contribution in [3.05, 3.63) is 0 Å². The van der Waals surface area contributed by atoms with Crippen LogP contribution in [0.5, 0.6) is 0 Å². The number of nitrogens with two attached hydrogens (primary N) is 1. The Morgan fingerprint density at radius 1 is 1.25 bits per heavy atom. The Balaban J connectivity index is 4.10. The normalized spacial score (nSPS) is 12.6. The van der Waals surface area contributed by atoms with E-state index in [9.17, 15) is 8.42 Å². The maximum atomic E-state index is 11.4. The lowest BCUT2D eigenvalue weighted by Gasteiger charge is -2.23. The molecule has 0 aromatic heterocycles. The van der Waals surface area contributed by atoms with Gasteiger partial charge in [0.05, 0.1) is 5.75 Å². The van der Waals surface area contributed by atoms with E-state index in [1.165, 1.54) is 0 Å². The highest BCUT2D eigenvalue weighted by atomic mass is 32.2. The van der Waals surface area contributed by atoms with Crippen LogP contribution in [0.3, 0.4) is 0 Å². The molecular formula is C11H26N2O2S. The molecule has 0 bridgehead atoms. The second kappa shape index (κ2) is 8.03. The summed E-state index contributed by atoms with van der Waals surface area (Å²) in [6.45, 7) is 9.12. The topological polar surface area (TPSA) is 63.4 Å². The first-order valence-electron chi connectivity index (χ1n) is 6.04. The first-order valence-corrected chi connectivity index (χ1v) is 7.86. The summed E-state index contributed by atoms with van der Waals surface area (Å²) in [5, 5.41) is 0. The van der Waals surface area contributed by atoms with Gasteiger partial charge in [0, 0.05) is 18.8 Å². The van der Waals surface area contributed by atoms with Gasteiger partial charge in [-0.15, -0.1) is 0 Å². The SMILES string of the molecule is CCS(=O)(=O)CCN(CCCN)CC(C)C. The van der Waals surface area contributed by atoms with Crippen LogP contribution in [-0.2, 0) is 9.84 Å². The van der Waals surface area contributed by atoms with E-state index in [1.54, 1.807) is 6.92 Å². The second-order valence-electron chi connectivity index (χ2n) is 4.57. The Hall–Kier alpha value is -0.130. The highest BCUT2D eigenvalue weighted by Gasteiger charge is 2.12. The molecule has 0 aliphatic rings. The molecular weight excluding hydrogens is 224 g/mol. The minimum atomic E-state index is -2.85. The minimum Gasteiger partial charge on any atom is -0.330 e. The summed E-state index contributed by atoms with van der Waals surface area (Å²) in [7, 11) is -2.85. The highest BCUT2D eigenvalue weighted by Crippen LogP contribution is 2.01. The zero-order valence-corrected chi connectivity index (χ0v) is 11.6. The van der Waals surface area contributed by atoms with Crippen LogP contribution < -0.4 is 5.73 Å². The van der Waals surface area contributed by atoms with Gasteiger partial charge in [0.15, 0.2) is 9.84 Å². The van der Waals surface area contributed by atoms with Crippen molar-refractivity contribution in [3.63, 3.8) is 0 Å².